The van der Waals surface area contributed by atoms with Crippen LogP contribution in [0.15, 0.2) is 60.7 Å². The number of piperidine rings is 2. The fraction of sp³-hybridized carbons (Fsp3) is 0.435. The number of amides is 2. The number of likely N-dealkylation sites (tertiary alicyclic amines) is 2. The van der Waals surface area contributed by atoms with Crippen LogP contribution in [0, 0.1) is 11.6 Å². The van der Waals surface area contributed by atoms with Crippen LogP contribution in [-0.2, 0) is 0 Å². The van der Waals surface area contributed by atoms with Crippen LogP contribution in [0.4, 0.5) is 8.78 Å². The average Bonchev–Trinajstić information content (AvgIpc) is 3.29. The first-order valence-electron chi connectivity index (χ1n) is 20.1. The summed E-state index contributed by atoms with van der Waals surface area (Å²) in [5.41, 5.74) is 2.39. The second kappa shape index (κ2) is 19.6. The molecule has 0 radical (unpaired) electrons. The second-order valence-corrected chi connectivity index (χ2v) is 15.2. The highest BCUT2D eigenvalue weighted by Gasteiger charge is 2.30. The van der Waals surface area contributed by atoms with Crippen molar-refractivity contribution >= 4 is 11.8 Å². The molecule has 2 saturated heterocycles. The Balaban J connectivity index is 0.989. The molecule has 0 unspecified atom stereocenters. The number of halogens is 2. The van der Waals surface area contributed by atoms with Gasteiger partial charge in [-0.25, -0.2) is 8.78 Å². The lowest BCUT2D eigenvalue weighted by atomic mass is 9.99. The third kappa shape index (κ3) is 9.39. The first-order chi connectivity index (χ1) is 28.9. The van der Waals surface area contributed by atoms with Crippen molar-refractivity contribution in [1.82, 2.24) is 19.6 Å². The zero-order valence-electron chi connectivity index (χ0n) is 35.8. The summed E-state index contributed by atoms with van der Waals surface area (Å²) >= 11 is 0. The summed E-state index contributed by atoms with van der Waals surface area (Å²) in [6.45, 7) is 4.14. The molecule has 0 saturated carbocycles. The van der Waals surface area contributed by atoms with E-state index in [9.17, 15) is 9.59 Å². The Labute approximate surface area is 351 Å². The zero-order valence-corrected chi connectivity index (χ0v) is 35.8. The molecule has 14 heteroatoms. The highest BCUT2D eigenvalue weighted by molar-refractivity contribution is 5.96. The summed E-state index contributed by atoms with van der Waals surface area (Å²) in [5, 5.41) is 0. The van der Waals surface area contributed by atoms with Gasteiger partial charge in [0.2, 0.25) is 11.5 Å². The van der Waals surface area contributed by atoms with Gasteiger partial charge < -0.3 is 48.0 Å². The standard InChI is InChI=1S/C46H56F2N4O8/c1-49(33-13-17-51(18-14-33)45(53)29-9-11-37(47)35(23-29)31-25-39(55-3)43(59-7)40(26-31)56-4)21-22-50(2)34-15-19-52(20-16-34)46(54)30-10-12-38(48)36(24-30)32-27-41(57-5)44(60-8)42(28-32)58-6/h9-12,23-28,33-34H,13-22H2,1-8H3. The van der Waals surface area contributed by atoms with Crippen LogP contribution in [0.2, 0.25) is 0 Å². The monoisotopic (exact) mass is 830 g/mol. The summed E-state index contributed by atoms with van der Waals surface area (Å²) in [6.07, 6.45) is 3.33. The number of ether oxygens (including phenoxy) is 6. The van der Waals surface area contributed by atoms with Gasteiger partial charge in [-0.3, -0.25) is 9.59 Å². The van der Waals surface area contributed by atoms with Crippen LogP contribution in [0.5, 0.6) is 34.5 Å². The minimum Gasteiger partial charge on any atom is -0.493 e. The van der Waals surface area contributed by atoms with Crippen molar-refractivity contribution in [3.05, 3.63) is 83.4 Å². The Morgan fingerprint density at radius 2 is 0.850 bits per heavy atom. The lowest BCUT2D eigenvalue weighted by Gasteiger charge is -2.39. The number of hydrogen-bond acceptors (Lipinski definition) is 10. The van der Waals surface area contributed by atoms with E-state index in [0.717, 1.165) is 38.8 Å². The largest absolute Gasteiger partial charge is 0.493 e. The molecule has 6 rings (SSSR count). The highest BCUT2D eigenvalue weighted by Crippen LogP contribution is 2.43. The Kier molecular flexibility index (Phi) is 14.4. The Morgan fingerprint density at radius 3 is 1.13 bits per heavy atom. The van der Waals surface area contributed by atoms with E-state index in [2.05, 4.69) is 23.9 Å². The van der Waals surface area contributed by atoms with Crippen LogP contribution in [0.25, 0.3) is 22.3 Å². The first-order valence-corrected chi connectivity index (χ1v) is 20.1. The van der Waals surface area contributed by atoms with E-state index in [1.54, 1.807) is 36.4 Å². The van der Waals surface area contributed by atoms with E-state index in [0.29, 0.717) is 95.0 Å². The summed E-state index contributed by atoms with van der Waals surface area (Å²) in [4.78, 5) is 35.8. The minimum absolute atomic E-state index is 0.132. The van der Waals surface area contributed by atoms with E-state index in [1.165, 1.54) is 66.9 Å². The summed E-state index contributed by atoms with van der Waals surface area (Å²) in [6, 6.07) is 16.2. The quantitative estimate of drug-likeness (QED) is 0.123. The number of likely N-dealkylation sites (N-methyl/N-ethyl adjacent to an activating group) is 2. The summed E-state index contributed by atoms with van der Waals surface area (Å²) in [5.74, 6) is 1.20. The predicted molar refractivity (Wildman–Crippen MR) is 226 cm³/mol. The smallest absolute Gasteiger partial charge is 0.253 e. The topological polar surface area (TPSA) is 102 Å². The number of methoxy groups -OCH3 is 6. The van der Waals surface area contributed by atoms with Gasteiger partial charge in [0, 0.05) is 73.6 Å². The Hall–Kier alpha value is -5.60. The molecule has 2 aliphatic heterocycles. The van der Waals surface area contributed by atoms with Crippen molar-refractivity contribution in [2.24, 2.45) is 0 Å². The third-order valence-corrected chi connectivity index (χ3v) is 11.9. The molecule has 2 amide bonds. The summed E-state index contributed by atoms with van der Waals surface area (Å²) < 4.78 is 63.0. The molecule has 0 aliphatic carbocycles. The molecule has 12 nitrogen and oxygen atoms in total. The van der Waals surface area contributed by atoms with E-state index in [4.69, 9.17) is 28.4 Å². The first kappa shape index (κ1) is 44.0. The maximum absolute atomic E-state index is 15.2. The van der Waals surface area contributed by atoms with E-state index in [1.807, 2.05) is 9.80 Å². The number of nitrogens with zero attached hydrogens (tertiary/aromatic N) is 4. The minimum atomic E-state index is -0.459. The van der Waals surface area contributed by atoms with Gasteiger partial charge in [-0.2, -0.15) is 0 Å². The number of hydrogen-bond donors (Lipinski definition) is 0. The molecule has 2 fully saturated rings. The third-order valence-electron chi connectivity index (χ3n) is 11.9. The fourth-order valence-corrected chi connectivity index (χ4v) is 8.30. The maximum Gasteiger partial charge on any atom is 0.253 e. The normalized spacial score (nSPS) is 15.0. The molecule has 4 aromatic rings. The van der Waals surface area contributed by atoms with E-state index in [-0.39, 0.29) is 22.9 Å². The van der Waals surface area contributed by atoms with E-state index >= 15 is 8.78 Å². The van der Waals surface area contributed by atoms with Gasteiger partial charge in [-0.05, 0) is 112 Å². The van der Waals surface area contributed by atoms with Crippen molar-refractivity contribution in [3.8, 4) is 56.8 Å². The molecular formula is C46H56F2N4O8. The van der Waals surface area contributed by atoms with Crippen LogP contribution in [0.3, 0.4) is 0 Å². The molecule has 60 heavy (non-hydrogen) atoms. The molecule has 4 aromatic carbocycles. The van der Waals surface area contributed by atoms with Crippen LogP contribution >= 0.6 is 0 Å². The maximum atomic E-state index is 15.2. The molecule has 2 heterocycles. The Bertz CT molecular complexity index is 1950. The number of carbonyl (C=O) groups excluding carboxylic acids is 2. The van der Waals surface area contributed by atoms with Gasteiger partial charge in [0.05, 0.1) is 42.7 Å². The van der Waals surface area contributed by atoms with Crippen LogP contribution < -0.4 is 28.4 Å². The molecule has 0 atom stereocenters. The van der Waals surface area contributed by atoms with Crippen molar-refractivity contribution in [3.63, 3.8) is 0 Å². The van der Waals surface area contributed by atoms with Crippen molar-refractivity contribution in [2.45, 2.75) is 37.8 Å². The van der Waals surface area contributed by atoms with Gasteiger partial charge >= 0.3 is 0 Å². The second-order valence-electron chi connectivity index (χ2n) is 15.2. The predicted octanol–water partition coefficient (Wildman–Crippen LogP) is 7.12. The fourth-order valence-electron chi connectivity index (χ4n) is 8.30. The van der Waals surface area contributed by atoms with Gasteiger partial charge in [0.25, 0.3) is 11.8 Å². The molecule has 0 N–H and O–H groups in total. The van der Waals surface area contributed by atoms with Crippen molar-refractivity contribution < 1.29 is 46.8 Å². The molecule has 0 bridgehead atoms. The number of benzene rings is 4. The number of rotatable bonds is 15. The van der Waals surface area contributed by atoms with Crippen LogP contribution in [-0.4, -0.2) is 140 Å². The molecule has 322 valence electrons. The van der Waals surface area contributed by atoms with Gasteiger partial charge in [-0.15, -0.1) is 0 Å². The number of carbonyl (C=O) groups is 2. The molecule has 0 aromatic heterocycles. The SMILES string of the molecule is COc1cc(-c2cc(C(=O)N3CCC(N(C)CCN(C)C4CCN(C(=O)c5ccc(F)c(-c6cc(OC)c(OC)c(OC)c6)c5)CC4)CC3)ccc2F)cc(OC)c1OC. The lowest BCUT2D eigenvalue weighted by Crippen LogP contribution is -2.49. The van der Waals surface area contributed by atoms with Gasteiger partial charge in [0.15, 0.2) is 23.0 Å². The molecular weight excluding hydrogens is 775 g/mol. The lowest BCUT2D eigenvalue weighted by molar-refractivity contribution is 0.0583. The van der Waals surface area contributed by atoms with Gasteiger partial charge in [0.1, 0.15) is 11.6 Å². The highest BCUT2D eigenvalue weighted by atomic mass is 19.1. The summed E-state index contributed by atoms with van der Waals surface area (Å²) in [7, 11) is 13.3. The Morgan fingerprint density at radius 1 is 0.533 bits per heavy atom. The average molecular weight is 831 g/mol. The van der Waals surface area contributed by atoms with E-state index < -0.39 is 11.6 Å². The molecule has 2 aliphatic rings. The molecule has 0 spiro atoms. The zero-order chi connectivity index (χ0) is 43.1. The van der Waals surface area contributed by atoms with Crippen LogP contribution in [0.1, 0.15) is 46.4 Å². The van der Waals surface area contributed by atoms with Crippen molar-refractivity contribution in [2.75, 3.05) is 96.0 Å². The van der Waals surface area contributed by atoms with Gasteiger partial charge in [-0.1, -0.05) is 0 Å². The van der Waals surface area contributed by atoms with Crippen molar-refractivity contribution in [1.29, 1.82) is 0 Å².